The van der Waals surface area contributed by atoms with Crippen LogP contribution in [0, 0.1) is 0 Å². The van der Waals surface area contributed by atoms with E-state index in [0.29, 0.717) is 11.2 Å². The molecule has 5 heteroatoms. The lowest BCUT2D eigenvalue weighted by atomic mass is 10.1. The number of H-pyrrole nitrogens is 1. The zero-order valence-electron chi connectivity index (χ0n) is 12.6. The summed E-state index contributed by atoms with van der Waals surface area (Å²) in [6.07, 6.45) is 3.43. The van der Waals surface area contributed by atoms with Crippen molar-refractivity contribution in [1.29, 1.82) is 0 Å². The number of pyridine rings is 2. The first-order valence-corrected chi connectivity index (χ1v) is 7.65. The predicted octanol–water partition coefficient (Wildman–Crippen LogP) is 3.42. The maximum absolute atomic E-state index is 12.8. The number of para-hydroxylation sites is 1. The van der Waals surface area contributed by atoms with Gasteiger partial charge in [0.15, 0.2) is 5.52 Å². The van der Waals surface area contributed by atoms with Crippen molar-refractivity contribution in [2.75, 3.05) is 0 Å². The summed E-state index contributed by atoms with van der Waals surface area (Å²) in [5, 5.41) is 6.15. The van der Waals surface area contributed by atoms with E-state index >= 15 is 0 Å². The topological polar surface area (TPSA) is 63.6 Å². The molecule has 0 radical (unpaired) electrons. The third-order valence-corrected chi connectivity index (χ3v) is 4.26. The van der Waals surface area contributed by atoms with Crippen LogP contribution in [0.5, 0.6) is 0 Å². The highest BCUT2D eigenvalue weighted by atomic mass is 16.1. The van der Waals surface area contributed by atoms with Crippen molar-refractivity contribution in [1.82, 2.24) is 19.7 Å². The van der Waals surface area contributed by atoms with Crippen LogP contribution in [-0.4, -0.2) is 19.7 Å². The van der Waals surface area contributed by atoms with Crippen molar-refractivity contribution in [3.05, 3.63) is 77.3 Å². The van der Waals surface area contributed by atoms with E-state index in [9.17, 15) is 4.79 Å². The maximum Gasteiger partial charge on any atom is 0.297 e. The summed E-state index contributed by atoms with van der Waals surface area (Å²) in [7, 11) is 0. The number of hydrogen-bond donors (Lipinski definition) is 1. The molecular formula is C19H12N4O. The van der Waals surface area contributed by atoms with Crippen molar-refractivity contribution in [2.24, 2.45) is 0 Å². The third-order valence-electron chi connectivity index (χ3n) is 4.26. The lowest BCUT2D eigenvalue weighted by molar-refractivity contribution is 0.860. The van der Waals surface area contributed by atoms with E-state index in [-0.39, 0.29) is 5.56 Å². The molecule has 114 valence electrons. The molecule has 0 aliphatic heterocycles. The van der Waals surface area contributed by atoms with Crippen LogP contribution in [0.15, 0.2) is 71.8 Å². The van der Waals surface area contributed by atoms with Gasteiger partial charge >= 0.3 is 0 Å². The van der Waals surface area contributed by atoms with Gasteiger partial charge in [-0.05, 0) is 12.1 Å². The molecule has 0 bridgehead atoms. The number of hydrogen-bond acceptors (Lipinski definition) is 3. The number of nitrogens with one attached hydrogen (secondary N) is 1. The Morgan fingerprint density at radius 1 is 0.875 bits per heavy atom. The van der Waals surface area contributed by atoms with E-state index < -0.39 is 0 Å². The lowest BCUT2D eigenvalue weighted by Crippen LogP contribution is -2.14. The van der Waals surface area contributed by atoms with Gasteiger partial charge in [-0.15, -0.1) is 0 Å². The number of aromatic amines is 1. The molecule has 2 aromatic carbocycles. The minimum atomic E-state index is -0.173. The fourth-order valence-electron chi connectivity index (χ4n) is 3.07. The molecule has 5 nitrogen and oxygen atoms in total. The summed E-state index contributed by atoms with van der Waals surface area (Å²) in [4.78, 5) is 21.5. The average Bonchev–Trinajstić information content (AvgIpc) is 2.98. The van der Waals surface area contributed by atoms with Crippen molar-refractivity contribution in [2.45, 2.75) is 0 Å². The second-order valence-electron chi connectivity index (χ2n) is 5.71. The molecule has 0 aliphatic rings. The SMILES string of the molecule is O=c1c2ncc3ccccc3c2[nH]n1-c1cnc2ccccc2c1. The van der Waals surface area contributed by atoms with Gasteiger partial charge in [-0.3, -0.25) is 14.9 Å². The molecule has 5 aromatic rings. The molecule has 1 N–H and O–H groups in total. The Balaban J connectivity index is 1.83. The van der Waals surface area contributed by atoms with Gasteiger partial charge in [0.2, 0.25) is 0 Å². The van der Waals surface area contributed by atoms with Crippen LogP contribution in [0.3, 0.4) is 0 Å². The summed E-state index contributed by atoms with van der Waals surface area (Å²) in [6, 6.07) is 17.6. The highest BCUT2D eigenvalue weighted by molar-refractivity contribution is 6.02. The van der Waals surface area contributed by atoms with Crippen LogP contribution < -0.4 is 5.56 Å². The Kier molecular flexibility index (Phi) is 2.58. The smallest absolute Gasteiger partial charge is 0.288 e. The number of rotatable bonds is 1. The zero-order chi connectivity index (χ0) is 16.1. The Hall–Kier alpha value is -3.47. The van der Waals surface area contributed by atoms with E-state index in [4.69, 9.17) is 0 Å². The van der Waals surface area contributed by atoms with Crippen LogP contribution in [0.25, 0.3) is 38.4 Å². The van der Waals surface area contributed by atoms with Gasteiger partial charge in [0.05, 0.1) is 22.9 Å². The van der Waals surface area contributed by atoms with Gasteiger partial charge in [0.1, 0.15) is 0 Å². The summed E-state index contributed by atoms with van der Waals surface area (Å²) in [5.41, 5.74) is 2.59. The predicted molar refractivity (Wildman–Crippen MR) is 94.5 cm³/mol. The summed E-state index contributed by atoms with van der Waals surface area (Å²) in [5.74, 6) is 0. The standard InChI is InChI=1S/C19H12N4O/c24-19-18-17(15-7-3-1-6-13(15)10-21-18)22-23(19)14-9-12-5-2-4-8-16(12)20-11-14/h1-11,22H. The highest BCUT2D eigenvalue weighted by Crippen LogP contribution is 2.21. The van der Waals surface area contributed by atoms with Gasteiger partial charge in [-0.1, -0.05) is 42.5 Å². The quantitative estimate of drug-likeness (QED) is 0.516. The second kappa shape index (κ2) is 4.76. The summed E-state index contributed by atoms with van der Waals surface area (Å²) in [6.45, 7) is 0. The Labute approximate surface area is 136 Å². The molecule has 0 unspecified atom stereocenters. The Bertz CT molecular complexity index is 1280. The minimum Gasteiger partial charge on any atom is -0.288 e. The van der Waals surface area contributed by atoms with Crippen LogP contribution >= 0.6 is 0 Å². The second-order valence-corrected chi connectivity index (χ2v) is 5.71. The van der Waals surface area contributed by atoms with E-state index in [1.807, 2.05) is 54.6 Å². The van der Waals surface area contributed by atoms with Crippen molar-refractivity contribution >= 4 is 32.7 Å². The van der Waals surface area contributed by atoms with Gasteiger partial charge in [-0.2, -0.15) is 0 Å². The molecule has 3 aromatic heterocycles. The molecule has 0 aliphatic carbocycles. The molecular weight excluding hydrogens is 300 g/mol. The fourth-order valence-corrected chi connectivity index (χ4v) is 3.07. The molecule has 0 fully saturated rings. The molecule has 5 rings (SSSR count). The zero-order valence-corrected chi connectivity index (χ0v) is 12.6. The number of benzene rings is 2. The number of nitrogens with zero attached hydrogens (tertiary/aromatic N) is 3. The normalized spacial score (nSPS) is 11.5. The molecule has 24 heavy (non-hydrogen) atoms. The van der Waals surface area contributed by atoms with Gasteiger partial charge in [0, 0.05) is 22.4 Å². The minimum absolute atomic E-state index is 0.173. The number of aromatic nitrogens is 4. The third kappa shape index (κ3) is 1.78. The van der Waals surface area contributed by atoms with E-state index in [2.05, 4.69) is 15.1 Å². The van der Waals surface area contributed by atoms with Crippen LogP contribution in [0.4, 0.5) is 0 Å². The van der Waals surface area contributed by atoms with E-state index in [0.717, 1.165) is 27.2 Å². The molecule has 3 heterocycles. The van der Waals surface area contributed by atoms with Crippen LogP contribution in [0.1, 0.15) is 0 Å². The first-order valence-electron chi connectivity index (χ1n) is 7.65. The van der Waals surface area contributed by atoms with Crippen molar-refractivity contribution < 1.29 is 0 Å². The van der Waals surface area contributed by atoms with Gasteiger partial charge < -0.3 is 0 Å². The largest absolute Gasteiger partial charge is 0.297 e. The van der Waals surface area contributed by atoms with E-state index in [1.165, 1.54) is 4.68 Å². The molecule has 0 spiro atoms. The molecule has 0 saturated carbocycles. The summed E-state index contributed by atoms with van der Waals surface area (Å²) >= 11 is 0. The van der Waals surface area contributed by atoms with Crippen LogP contribution in [0.2, 0.25) is 0 Å². The van der Waals surface area contributed by atoms with Gasteiger partial charge in [-0.25, -0.2) is 9.67 Å². The lowest BCUT2D eigenvalue weighted by Gasteiger charge is -2.03. The molecule has 0 amide bonds. The van der Waals surface area contributed by atoms with Crippen LogP contribution in [-0.2, 0) is 0 Å². The van der Waals surface area contributed by atoms with Crippen molar-refractivity contribution in [3.8, 4) is 5.69 Å². The van der Waals surface area contributed by atoms with Gasteiger partial charge in [0.25, 0.3) is 5.56 Å². The highest BCUT2D eigenvalue weighted by Gasteiger charge is 2.12. The monoisotopic (exact) mass is 312 g/mol. The fraction of sp³-hybridized carbons (Fsp3) is 0. The Morgan fingerprint density at radius 2 is 1.67 bits per heavy atom. The van der Waals surface area contributed by atoms with Crippen molar-refractivity contribution in [3.63, 3.8) is 0 Å². The summed E-state index contributed by atoms with van der Waals surface area (Å²) < 4.78 is 1.50. The maximum atomic E-state index is 12.8. The Morgan fingerprint density at radius 3 is 2.58 bits per heavy atom. The average molecular weight is 312 g/mol. The molecule has 0 atom stereocenters. The number of fused-ring (bicyclic) bond motifs is 4. The first-order chi connectivity index (χ1) is 11.8. The van der Waals surface area contributed by atoms with E-state index in [1.54, 1.807) is 12.4 Å². The first kappa shape index (κ1) is 13.0. The molecule has 0 saturated heterocycles.